The van der Waals surface area contributed by atoms with Crippen molar-refractivity contribution in [3.63, 3.8) is 0 Å². The molecule has 1 aromatic carbocycles. The molecule has 0 aliphatic heterocycles. The highest BCUT2D eigenvalue weighted by atomic mass is 19.1. The van der Waals surface area contributed by atoms with Crippen molar-refractivity contribution in [1.82, 2.24) is 10.6 Å². The molecular formula is C17H15FN2O4. The Hall–Kier alpha value is -3.09. The second kappa shape index (κ2) is 6.57. The normalized spacial score (nSPS) is 10.8. The molecule has 0 aliphatic carbocycles. The Labute approximate surface area is 136 Å². The maximum Gasteiger partial charge on any atom is 0.287 e. The van der Waals surface area contributed by atoms with Crippen molar-refractivity contribution < 1.29 is 22.8 Å². The molecule has 2 N–H and O–H groups in total. The zero-order valence-electron chi connectivity index (χ0n) is 12.9. The van der Waals surface area contributed by atoms with Gasteiger partial charge in [-0.25, -0.2) is 4.39 Å². The molecule has 7 heteroatoms. The molecule has 2 amide bonds. The van der Waals surface area contributed by atoms with E-state index in [0.717, 1.165) is 0 Å². The molecule has 24 heavy (non-hydrogen) atoms. The Kier molecular flexibility index (Phi) is 4.33. The van der Waals surface area contributed by atoms with Gasteiger partial charge in [-0.3, -0.25) is 9.59 Å². The third-order valence-electron chi connectivity index (χ3n) is 3.55. The van der Waals surface area contributed by atoms with E-state index < -0.39 is 11.7 Å². The van der Waals surface area contributed by atoms with Gasteiger partial charge >= 0.3 is 0 Å². The minimum Gasteiger partial charge on any atom is -0.467 e. The van der Waals surface area contributed by atoms with Gasteiger partial charge in [-0.15, -0.1) is 0 Å². The largest absolute Gasteiger partial charge is 0.467 e. The molecule has 0 saturated heterocycles. The zero-order chi connectivity index (χ0) is 17.1. The van der Waals surface area contributed by atoms with Crippen LogP contribution >= 0.6 is 0 Å². The minimum atomic E-state index is -0.530. The number of carbonyl (C=O) groups excluding carboxylic acids is 2. The summed E-state index contributed by atoms with van der Waals surface area (Å²) in [5.41, 5.74) is 0.944. The van der Waals surface area contributed by atoms with E-state index in [1.165, 1.54) is 24.5 Å². The van der Waals surface area contributed by atoms with E-state index in [-0.39, 0.29) is 24.8 Å². The Bertz CT molecular complexity index is 884. The number of aryl methyl sites for hydroxylation is 1. The van der Waals surface area contributed by atoms with E-state index in [4.69, 9.17) is 8.83 Å². The van der Waals surface area contributed by atoms with Gasteiger partial charge in [0.1, 0.15) is 17.2 Å². The molecule has 0 spiro atoms. The first-order valence-corrected chi connectivity index (χ1v) is 7.30. The van der Waals surface area contributed by atoms with Gasteiger partial charge < -0.3 is 19.5 Å². The standard InChI is InChI=1S/C17H15FN2O4/c1-10-13-7-11(18)4-5-14(13)24-16(10)17(22)20-9-15(21)19-8-12-3-2-6-23-12/h2-7H,8-9H2,1H3,(H,19,21)(H,20,22). The Balaban J connectivity index is 1.60. The molecule has 0 aliphatic rings. The van der Waals surface area contributed by atoms with Crippen molar-refractivity contribution in [2.45, 2.75) is 13.5 Å². The van der Waals surface area contributed by atoms with E-state index >= 15 is 0 Å². The molecule has 2 aromatic heterocycles. The second-order valence-corrected chi connectivity index (χ2v) is 5.24. The molecule has 0 atom stereocenters. The average Bonchev–Trinajstić information content (AvgIpc) is 3.19. The summed E-state index contributed by atoms with van der Waals surface area (Å²) in [6.07, 6.45) is 1.51. The van der Waals surface area contributed by atoms with Crippen LogP contribution in [0.2, 0.25) is 0 Å². The van der Waals surface area contributed by atoms with Gasteiger partial charge in [-0.05, 0) is 37.3 Å². The third kappa shape index (κ3) is 3.29. The molecule has 0 radical (unpaired) electrons. The lowest BCUT2D eigenvalue weighted by atomic mass is 10.1. The van der Waals surface area contributed by atoms with E-state index in [1.54, 1.807) is 19.1 Å². The molecule has 3 rings (SSSR count). The lowest BCUT2D eigenvalue weighted by Crippen LogP contribution is -2.36. The molecule has 0 bridgehead atoms. The van der Waals surface area contributed by atoms with Gasteiger partial charge in [0.25, 0.3) is 5.91 Å². The lowest BCUT2D eigenvalue weighted by molar-refractivity contribution is -0.120. The van der Waals surface area contributed by atoms with E-state index in [0.29, 0.717) is 22.3 Å². The Morgan fingerprint density at radius 1 is 1.21 bits per heavy atom. The van der Waals surface area contributed by atoms with E-state index in [9.17, 15) is 14.0 Å². The fourth-order valence-electron chi connectivity index (χ4n) is 2.31. The number of halogens is 1. The summed E-state index contributed by atoms with van der Waals surface area (Å²) in [7, 11) is 0. The summed E-state index contributed by atoms with van der Waals surface area (Å²) in [6, 6.07) is 7.48. The van der Waals surface area contributed by atoms with E-state index in [2.05, 4.69) is 10.6 Å². The van der Waals surface area contributed by atoms with Crippen LogP contribution in [0.4, 0.5) is 4.39 Å². The van der Waals surface area contributed by atoms with Crippen LogP contribution in [0.5, 0.6) is 0 Å². The number of amides is 2. The number of hydrogen-bond acceptors (Lipinski definition) is 4. The highest BCUT2D eigenvalue weighted by molar-refractivity contribution is 6.00. The third-order valence-corrected chi connectivity index (χ3v) is 3.55. The molecule has 2 heterocycles. The number of carbonyl (C=O) groups is 2. The number of hydrogen-bond donors (Lipinski definition) is 2. The Morgan fingerprint density at radius 2 is 2.04 bits per heavy atom. The highest BCUT2D eigenvalue weighted by Gasteiger charge is 2.18. The van der Waals surface area contributed by atoms with Gasteiger partial charge in [-0.1, -0.05) is 0 Å². The SMILES string of the molecule is Cc1c(C(=O)NCC(=O)NCc2ccco2)oc2ccc(F)cc12. The first kappa shape index (κ1) is 15.8. The van der Waals surface area contributed by atoms with E-state index in [1.807, 2.05) is 0 Å². The average molecular weight is 330 g/mol. The first-order valence-electron chi connectivity index (χ1n) is 7.30. The predicted molar refractivity (Wildman–Crippen MR) is 83.8 cm³/mol. The smallest absolute Gasteiger partial charge is 0.287 e. The van der Waals surface area contributed by atoms with Crippen molar-refractivity contribution in [1.29, 1.82) is 0 Å². The van der Waals surface area contributed by atoms with Crippen LogP contribution in [-0.2, 0) is 11.3 Å². The second-order valence-electron chi connectivity index (χ2n) is 5.24. The monoisotopic (exact) mass is 330 g/mol. The molecule has 3 aromatic rings. The number of nitrogens with one attached hydrogen (secondary N) is 2. The summed E-state index contributed by atoms with van der Waals surface area (Å²) in [5, 5.41) is 5.62. The Morgan fingerprint density at radius 3 is 2.79 bits per heavy atom. The summed E-state index contributed by atoms with van der Waals surface area (Å²) in [5.74, 6) is -0.619. The van der Waals surface area contributed by atoms with Crippen LogP contribution in [0, 0.1) is 12.7 Å². The van der Waals surface area contributed by atoms with Crippen LogP contribution in [0.3, 0.4) is 0 Å². The maximum atomic E-state index is 13.3. The molecule has 124 valence electrons. The maximum absolute atomic E-state index is 13.3. The lowest BCUT2D eigenvalue weighted by Gasteiger charge is -2.05. The van der Waals surface area contributed by atoms with Gasteiger partial charge in [0, 0.05) is 10.9 Å². The minimum absolute atomic E-state index is 0.0643. The summed E-state index contributed by atoms with van der Waals surface area (Å²) in [4.78, 5) is 23.9. The number of furan rings is 2. The van der Waals surface area contributed by atoms with Gasteiger partial charge in [0.05, 0.1) is 19.4 Å². The quantitative estimate of drug-likeness (QED) is 0.753. The summed E-state index contributed by atoms with van der Waals surface area (Å²) in [6.45, 7) is 1.70. The van der Waals surface area contributed by atoms with Crippen LogP contribution in [0.1, 0.15) is 21.9 Å². The van der Waals surface area contributed by atoms with Gasteiger partial charge in [0.15, 0.2) is 5.76 Å². The zero-order valence-corrected chi connectivity index (χ0v) is 12.9. The van der Waals surface area contributed by atoms with Crippen LogP contribution in [0.15, 0.2) is 45.4 Å². The summed E-state index contributed by atoms with van der Waals surface area (Å²) >= 11 is 0. The number of rotatable bonds is 5. The van der Waals surface area contributed by atoms with Crippen LogP contribution in [0.25, 0.3) is 11.0 Å². The molecule has 6 nitrogen and oxygen atoms in total. The fourth-order valence-corrected chi connectivity index (χ4v) is 2.31. The van der Waals surface area contributed by atoms with Crippen LogP contribution < -0.4 is 10.6 Å². The predicted octanol–water partition coefficient (Wildman–Crippen LogP) is 2.52. The topological polar surface area (TPSA) is 84.5 Å². The summed E-state index contributed by atoms with van der Waals surface area (Å²) < 4.78 is 23.8. The number of fused-ring (bicyclic) bond motifs is 1. The van der Waals surface area contributed by atoms with Gasteiger partial charge in [0.2, 0.25) is 5.91 Å². The van der Waals surface area contributed by atoms with Crippen LogP contribution in [-0.4, -0.2) is 18.4 Å². The highest BCUT2D eigenvalue weighted by Crippen LogP contribution is 2.25. The van der Waals surface area contributed by atoms with Crippen molar-refractivity contribution in [2.75, 3.05) is 6.54 Å². The van der Waals surface area contributed by atoms with Crippen molar-refractivity contribution in [3.05, 3.63) is 59.5 Å². The van der Waals surface area contributed by atoms with Crippen molar-refractivity contribution >= 4 is 22.8 Å². The fraction of sp³-hybridized carbons (Fsp3) is 0.176. The molecule has 0 saturated carbocycles. The van der Waals surface area contributed by atoms with Crippen molar-refractivity contribution in [2.24, 2.45) is 0 Å². The molecule has 0 fully saturated rings. The molecule has 0 unspecified atom stereocenters. The first-order chi connectivity index (χ1) is 11.5. The van der Waals surface area contributed by atoms with Crippen molar-refractivity contribution in [3.8, 4) is 0 Å². The van der Waals surface area contributed by atoms with Gasteiger partial charge in [-0.2, -0.15) is 0 Å². The number of benzene rings is 1. The molecular weight excluding hydrogens is 315 g/mol.